The lowest BCUT2D eigenvalue weighted by Gasteiger charge is -2.08. The van der Waals surface area contributed by atoms with Crippen molar-refractivity contribution in [2.45, 2.75) is 20.3 Å². The van der Waals surface area contributed by atoms with Crippen molar-refractivity contribution >= 4 is 34.2 Å². The molecule has 0 aliphatic carbocycles. The Morgan fingerprint density at radius 2 is 1.77 bits per heavy atom. The Morgan fingerprint density at radius 1 is 1.08 bits per heavy atom. The number of esters is 2. The summed E-state index contributed by atoms with van der Waals surface area (Å²) in [6.07, 6.45) is 0.704. The van der Waals surface area contributed by atoms with E-state index in [2.05, 4.69) is 5.32 Å². The van der Waals surface area contributed by atoms with Gasteiger partial charge in [-0.3, -0.25) is 4.79 Å². The van der Waals surface area contributed by atoms with Gasteiger partial charge < -0.3 is 19.9 Å². The molecule has 0 aliphatic heterocycles. The summed E-state index contributed by atoms with van der Waals surface area (Å²) in [6.45, 7) is 3.30. The summed E-state index contributed by atoms with van der Waals surface area (Å²) in [5, 5.41) is 12.5. The minimum Gasteiger partial charge on any atom is -0.507 e. The number of nitrogens with one attached hydrogen (secondary N) is 1. The molecule has 0 spiro atoms. The molecule has 8 heteroatoms. The third-order valence-electron chi connectivity index (χ3n) is 3.34. The highest BCUT2D eigenvalue weighted by atomic mass is 32.1. The van der Waals surface area contributed by atoms with Crippen molar-refractivity contribution < 1.29 is 29.0 Å². The van der Waals surface area contributed by atoms with Crippen molar-refractivity contribution in [3.8, 4) is 5.75 Å². The van der Waals surface area contributed by atoms with E-state index in [1.807, 2.05) is 6.92 Å². The van der Waals surface area contributed by atoms with Crippen LogP contribution in [-0.4, -0.2) is 36.2 Å². The van der Waals surface area contributed by atoms with Gasteiger partial charge in [0.15, 0.2) is 6.61 Å². The van der Waals surface area contributed by atoms with E-state index >= 15 is 0 Å². The minimum atomic E-state index is -0.815. The van der Waals surface area contributed by atoms with Crippen molar-refractivity contribution in [2.24, 2.45) is 0 Å². The second kappa shape index (κ2) is 9.00. The maximum atomic E-state index is 12.1. The van der Waals surface area contributed by atoms with Crippen molar-refractivity contribution in [1.29, 1.82) is 0 Å². The Hall–Kier alpha value is -2.87. The Bertz CT molecular complexity index is 814. The number of para-hydroxylation sites is 1. The molecule has 2 rings (SSSR count). The van der Waals surface area contributed by atoms with Gasteiger partial charge in [0, 0.05) is 4.88 Å². The monoisotopic (exact) mass is 377 g/mol. The molecule has 0 unspecified atom stereocenters. The van der Waals surface area contributed by atoms with E-state index in [-0.39, 0.29) is 23.5 Å². The molecule has 1 aromatic carbocycles. The van der Waals surface area contributed by atoms with Gasteiger partial charge >= 0.3 is 11.9 Å². The highest BCUT2D eigenvalue weighted by Crippen LogP contribution is 2.29. The number of benzene rings is 1. The average Bonchev–Trinajstić information content (AvgIpc) is 3.03. The van der Waals surface area contributed by atoms with E-state index in [0.717, 1.165) is 4.88 Å². The number of ether oxygens (including phenoxy) is 2. The van der Waals surface area contributed by atoms with Crippen LogP contribution < -0.4 is 5.32 Å². The zero-order chi connectivity index (χ0) is 19.1. The number of rotatable bonds is 7. The summed E-state index contributed by atoms with van der Waals surface area (Å²) in [7, 11) is 0. The van der Waals surface area contributed by atoms with E-state index in [1.54, 1.807) is 25.1 Å². The molecule has 138 valence electrons. The summed E-state index contributed by atoms with van der Waals surface area (Å²) < 4.78 is 9.88. The molecule has 1 heterocycles. The standard InChI is InChI=1S/C18H19NO6S/c1-3-11-9-13(18(23)24-4-2)16(26-11)19-15(21)10-25-17(22)12-7-5-6-8-14(12)20/h5-9,20H,3-4,10H2,1-2H3,(H,19,21). The zero-order valence-electron chi connectivity index (χ0n) is 14.4. The number of hydrogen-bond acceptors (Lipinski definition) is 7. The van der Waals surface area contributed by atoms with Gasteiger partial charge in [-0.1, -0.05) is 19.1 Å². The molecule has 2 aromatic rings. The first-order valence-corrected chi connectivity index (χ1v) is 8.82. The predicted molar refractivity (Wildman–Crippen MR) is 96.7 cm³/mol. The molecule has 7 nitrogen and oxygen atoms in total. The minimum absolute atomic E-state index is 0.0306. The molecule has 0 aliphatic rings. The molecule has 1 aromatic heterocycles. The molecule has 0 saturated heterocycles. The van der Waals surface area contributed by atoms with Crippen molar-refractivity contribution in [2.75, 3.05) is 18.5 Å². The van der Waals surface area contributed by atoms with Gasteiger partial charge in [-0.05, 0) is 31.5 Å². The van der Waals surface area contributed by atoms with Gasteiger partial charge in [-0.2, -0.15) is 0 Å². The van der Waals surface area contributed by atoms with Gasteiger partial charge in [0.2, 0.25) is 0 Å². The molecular weight excluding hydrogens is 358 g/mol. The van der Waals surface area contributed by atoms with Crippen LogP contribution in [-0.2, 0) is 20.7 Å². The molecule has 1 amide bonds. The number of amides is 1. The lowest BCUT2D eigenvalue weighted by Crippen LogP contribution is -2.21. The fraction of sp³-hybridized carbons (Fsp3) is 0.278. The predicted octanol–water partition coefficient (Wildman–Crippen LogP) is 2.99. The summed E-state index contributed by atoms with van der Waals surface area (Å²) in [5.41, 5.74) is 0.242. The Kier molecular flexibility index (Phi) is 6.74. The molecule has 0 fully saturated rings. The fourth-order valence-corrected chi connectivity index (χ4v) is 3.09. The molecule has 0 atom stereocenters. The van der Waals surface area contributed by atoms with Crippen molar-refractivity contribution in [3.05, 3.63) is 46.3 Å². The van der Waals surface area contributed by atoms with E-state index in [9.17, 15) is 19.5 Å². The summed E-state index contributed by atoms with van der Waals surface area (Å²) in [5.74, 6) is -2.16. The van der Waals surface area contributed by atoms with Crippen LogP contribution in [0.3, 0.4) is 0 Å². The quantitative estimate of drug-likeness (QED) is 0.719. The van der Waals surface area contributed by atoms with E-state index in [0.29, 0.717) is 11.4 Å². The Morgan fingerprint density at radius 3 is 2.42 bits per heavy atom. The first-order chi connectivity index (χ1) is 12.5. The maximum absolute atomic E-state index is 12.1. The SMILES string of the molecule is CCOC(=O)c1cc(CC)sc1NC(=O)COC(=O)c1ccccc1O. The van der Waals surface area contributed by atoms with Crippen LogP contribution in [0.2, 0.25) is 0 Å². The van der Waals surface area contributed by atoms with Gasteiger partial charge in [0.1, 0.15) is 16.3 Å². The Balaban J connectivity index is 2.01. The largest absolute Gasteiger partial charge is 0.507 e. The third-order valence-corrected chi connectivity index (χ3v) is 4.53. The zero-order valence-corrected chi connectivity index (χ0v) is 15.2. The number of phenolic OH excluding ortho intramolecular Hbond substituents is 1. The fourth-order valence-electron chi connectivity index (χ4n) is 2.09. The van der Waals surface area contributed by atoms with Crippen LogP contribution in [0, 0.1) is 0 Å². The van der Waals surface area contributed by atoms with Crippen LogP contribution in [0.1, 0.15) is 39.4 Å². The smallest absolute Gasteiger partial charge is 0.342 e. The molecule has 0 saturated carbocycles. The van der Waals surface area contributed by atoms with Gasteiger partial charge in [0.25, 0.3) is 5.91 Å². The second-order valence-electron chi connectivity index (χ2n) is 5.17. The number of aryl methyl sites for hydroxylation is 1. The van der Waals surface area contributed by atoms with E-state index in [4.69, 9.17) is 9.47 Å². The van der Waals surface area contributed by atoms with Crippen LogP contribution in [0.4, 0.5) is 5.00 Å². The lowest BCUT2D eigenvalue weighted by molar-refractivity contribution is -0.119. The number of carbonyl (C=O) groups is 3. The van der Waals surface area contributed by atoms with Gasteiger partial charge in [-0.15, -0.1) is 11.3 Å². The molecule has 2 N–H and O–H groups in total. The summed E-state index contributed by atoms with van der Waals surface area (Å²) in [6, 6.07) is 7.55. The van der Waals surface area contributed by atoms with Crippen LogP contribution in [0.5, 0.6) is 5.75 Å². The first kappa shape index (κ1) is 19.5. The molecule has 0 bridgehead atoms. The number of hydrogen-bond donors (Lipinski definition) is 2. The second-order valence-corrected chi connectivity index (χ2v) is 6.31. The number of phenols is 1. The number of anilines is 1. The normalized spacial score (nSPS) is 10.2. The summed E-state index contributed by atoms with van der Waals surface area (Å²) >= 11 is 1.26. The highest BCUT2D eigenvalue weighted by molar-refractivity contribution is 7.16. The molecule has 26 heavy (non-hydrogen) atoms. The van der Waals surface area contributed by atoms with Gasteiger partial charge in [-0.25, -0.2) is 9.59 Å². The third kappa shape index (κ3) is 4.82. The first-order valence-electron chi connectivity index (χ1n) is 8.01. The van der Waals surface area contributed by atoms with Gasteiger partial charge in [0.05, 0.1) is 12.2 Å². The lowest BCUT2D eigenvalue weighted by atomic mass is 10.2. The topological polar surface area (TPSA) is 102 Å². The number of carbonyl (C=O) groups excluding carboxylic acids is 3. The maximum Gasteiger partial charge on any atom is 0.342 e. The Labute approximate surface area is 154 Å². The molecular formula is C18H19NO6S. The van der Waals surface area contributed by atoms with E-state index < -0.39 is 24.5 Å². The van der Waals surface area contributed by atoms with Crippen LogP contribution in [0.25, 0.3) is 0 Å². The van der Waals surface area contributed by atoms with Crippen LogP contribution >= 0.6 is 11.3 Å². The summed E-state index contributed by atoms with van der Waals surface area (Å²) in [4.78, 5) is 36.9. The highest BCUT2D eigenvalue weighted by Gasteiger charge is 2.20. The average molecular weight is 377 g/mol. The van der Waals surface area contributed by atoms with E-state index in [1.165, 1.54) is 23.5 Å². The van der Waals surface area contributed by atoms with Crippen molar-refractivity contribution in [1.82, 2.24) is 0 Å². The molecule has 0 radical (unpaired) electrons. The number of aromatic hydroxyl groups is 1. The van der Waals surface area contributed by atoms with Crippen molar-refractivity contribution in [3.63, 3.8) is 0 Å². The number of thiophene rings is 1. The van der Waals surface area contributed by atoms with Crippen LogP contribution in [0.15, 0.2) is 30.3 Å².